The van der Waals surface area contributed by atoms with Crippen LogP contribution in [0.15, 0.2) is 0 Å². The highest BCUT2D eigenvalue weighted by Gasteiger charge is 2.28. The molecular formula is C12H21N5. The predicted octanol–water partition coefficient (Wildman–Crippen LogP) is 1.23. The number of likely N-dealkylation sites (tertiary alicyclic amines) is 1. The van der Waals surface area contributed by atoms with Gasteiger partial charge in [-0.05, 0) is 39.3 Å². The Kier molecular flexibility index (Phi) is 2.88. The minimum Gasteiger partial charge on any atom is -0.321 e. The van der Waals surface area contributed by atoms with Gasteiger partial charge >= 0.3 is 0 Å². The second kappa shape index (κ2) is 4.38. The minimum absolute atomic E-state index is 0.0823. The van der Waals surface area contributed by atoms with Crippen LogP contribution in [-0.2, 0) is 6.54 Å². The van der Waals surface area contributed by atoms with E-state index < -0.39 is 0 Å². The molecule has 2 aliphatic rings. The average molecular weight is 235 g/mol. The fraction of sp³-hybridized carbons (Fsp3) is 0.833. The number of hydrogen-bond acceptors (Lipinski definition) is 4. The number of piperidine rings is 1. The summed E-state index contributed by atoms with van der Waals surface area (Å²) in [5, 5.41) is 4.66. The van der Waals surface area contributed by atoms with E-state index in [0.717, 1.165) is 37.6 Å². The normalized spacial score (nSPS) is 30.2. The molecule has 1 saturated heterocycles. The van der Waals surface area contributed by atoms with E-state index in [-0.39, 0.29) is 6.04 Å². The lowest BCUT2D eigenvalue weighted by atomic mass is 10.0. The zero-order valence-corrected chi connectivity index (χ0v) is 10.5. The van der Waals surface area contributed by atoms with Gasteiger partial charge in [0.05, 0.1) is 12.1 Å². The average Bonchev–Trinajstić information content (AvgIpc) is 2.75. The van der Waals surface area contributed by atoms with Crippen molar-refractivity contribution in [2.45, 2.75) is 50.7 Å². The van der Waals surface area contributed by atoms with Crippen molar-refractivity contribution >= 4 is 0 Å². The number of hydrogen-bond donors (Lipinski definition) is 1. The molecule has 3 rings (SSSR count). The third-order valence-corrected chi connectivity index (χ3v) is 4.00. The molecule has 5 heteroatoms. The molecule has 0 aromatic carbocycles. The molecule has 2 unspecified atom stereocenters. The molecule has 0 radical (unpaired) electrons. The van der Waals surface area contributed by atoms with Gasteiger partial charge in [-0.25, -0.2) is 9.67 Å². The van der Waals surface area contributed by atoms with Crippen LogP contribution in [0.25, 0.3) is 0 Å². The Balaban J connectivity index is 1.88. The second-order valence-electron chi connectivity index (χ2n) is 5.29. The van der Waals surface area contributed by atoms with Gasteiger partial charge in [0, 0.05) is 6.54 Å². The van der Waals surface area contributed by atoms with Gasteiger partial charge in [-0.15, -0.1) is 0 Å². The van der Waals surface area contributed by atoms with Gasteiger partial charge in [-0.3, -0.25) is 4.90 Å². The van der Waals surface area contributed by atoms with Crippen LogP contribution < -0.4 is 5.73 Å². The molecule has 2 aliphatic heterocycles. The SMILES string of the molecule is CN1CCCCC1c1nc2n(n1)CCCC2N. The van der Waals surface area contributed by atoms with E-state index in [1.165, 1.54) is 19.3 Å². The van der Waals surface area contributed by atoms with Crippen molar-refractivity contribution in [2.24, 2.45) is 5.73 Å². The molecular weight excluding hydrogens is 214 g/mol. The van der Waals surface area contributed by atoms with Crippen LogP contribution in [-0.4, -0.2) is 33.3 Å². The van der Waals surface area contributed by atoms with Crippen molar-refractivity contribution in [2.75, 3.05) is 13.6 Å². The largest absolute Gasteiger partial charge is 0.321 e. The predicted molar refractivity (Wildman–Crippen MR) is 65.4 cm³/mol. The summed E-state index contributed by atoms with van der Waals surface area (Å²) in [4.78, 5) is 7.06. The van der Waals surface area contributed by atoms with Crippen molar-refractivity contribution in [1.82, 2.24) is 19.7 Å². The maximum absolute atomic E-state index is 6.09. The number of aryl methyl sites for hydroxylation is 1. The Morgan fingerprint density at radius 2 is 2.06 bits per heavy atom. The van der Waals surface area contributed by atoms with E-state index in [1.807, 2.05) is 4.68 Å². The Morgan fingerprint density at radius 3 is 2.82 bits per heavy atom. The van der Waals surface area contributed by atoms with E-state index in [4.69, 9.17) is 10.7 Å². The van der Waals surface area contributed by atoms with Crippen molar-refractivity contribution < 1.29 is 0 Å². The van der Waals surface area contributed by atoms with Crippen molar-refractivity contribution in [3.63, 3.8) is 0 Å². The number of rotatable bonds is 1. The van der Waals surface area contributed by atoms with E-state index in [1.54, 1.807) is 0 Å². The third-order valence-electron chi connectivity index (χ3n) is 4.00. The maximum Gasteiger partial charge on any atom is 0.168 e. The highest BCUT2D eigenvalue weighted by Crippen LogP contribution is 2.29. The van der Waals surface area contributed by atoms with Crippen LogP contribution in [0.5, 0.6) is 0 Å². The molecule has 94 valence electrons. The number of fused-ring (bicyclic) bond motifs is 1. The quantitative estimate of drug-likeness (QED) is 0.795. The Labute approximate surface area is 102 Å². The van der Waals surface area contributed by atoms with Gasteiger partial charge in [0.15, 0.2) is 5.82 Å². The van der Waals surface area contributed by atoms with Crippen LogP contribution in [0, 0.1) is 0 Å². The Bertz CT molecular complexity index is 400. The molecule has 5 nitrogen and oxygen atoms in total. The van der Waals surface area contributed by atoms with Crippen LogP contribution in [0.3, 0.4) is 0 Å². The van der Waals surface area contributed by atoms with Crippen molar-refractivity contribution in [3.8, 4) is 0 Å². The monoisotopic (exact) mass is 235 g/mol. The molecule has 17 heavy (non-hydrogen) atoms. The first-order chi connectivity index (χ1) is 8.25. The van der Waals surface area contributed by atoms with Gasteiger partial charge < -0.3 is 5.73 Å². The first-order valence-electron chi connectivity index (χ1n) is 6.66. The topological polar surface area (TPSA) is 60.0 Å². The molecule has 0 spiro atoms. The van der Waals surface area contributed by atoms with Crippen LogP contribution in [0.2, 0.25) is 0 Å². The smallest absolute Gasteiger partial charge is 0.168 e. The Morgan fingerprint density at radius 1 is 1.18 bits per heavy atom. The molecule has 0 amide bonds. The van der Waals surface area contributed by atoms with E-state index in [0.29, 0.717) is 6.04 Å². The number of aromatic nitrogens is 3. The van der Waals surface area contributed by atoms with Crippen molar-refractivity contribution in [1.29, 1.82) is 0 Å². The maximum atomic E-state index is 6.09. The second-order valence-corrected chi connectivity index (χ2v) is 5.29. The van der Waals surface area contributed by atoms with Gasteiger partial charge in [-0.2, -0.15) is 5.10 Å². The van der Waals surface area contributed by atoms with Crippen LogP contribution >= 0.6 is 0 Å². The summed E-state index contributed by atoms with van der Waals surface area (Å²) in [6.07, 6.45) is 5.91. The molecule has 1 aromatic rings. The molecule has 1 fully saturated rings. The van der Waals surface area contributed by atoms with Gasteiger partial charge in [0.25, 0.3) is 0 Å². The van der Waals surface area contributed by atoms with Gasteiger partial charge in [0.1, 0.15) is 5.82 Å². The lowest BCUT2D eigenvalue weighted by Gasteiger charge is -2.30. The van der Waals surface area contributed by atoms with E-state index in [2.05, 4.69) is 17.0 Å². The lowest BCUT2D eigenvalue weighted by molar-refractivity contribution is 0.179. The molecule has 2 N–H and O–H groups in total. The van der Waals surface area contributed by atoms with Gasteiger partial charge in [0.2, 0.25) is 0 Å². The highest BCUT2D eigenvalue weighted by molar-refractivity contribution is 5.05. The standard InChI is InChI=1S/C12H21N5/c1-16-7-3-2-6-10(16)11-14-12-9(13)5-4-8-17(12)15-11/h9-10H,2-8,13H2,1H3. The van der Waals surface area contributed by atoms with Crippen molar-refractivity contribution in [3.05, 3.63) is 11.6 Å². The highest BCUT2D eigenvalue weighted by atomic mass is 15.4. The molecule has 0 bridgehead atoms. The summed E-state index contributed by atoms with van der Waals surface area (Å²) in [5.41, 5.74) is 6.09. The molecule has 2 atom stereocenters. The van der Waals surface area contributed by atoms with E-state index >= 15 is 0 Å². The fourth-order valence-electron chi connectivity index (χ4n) is 2.94. The Hall–Kier alpha value is -0.940. The zero-order valence-electron chi connectivity index (χ0n) is 10.5. The first kappa shape index (κ1) is 11.2. The van der Waals surface area contributed by atoms with Crippen LogP contribution in [0.1, 0.15) is 55.8 Å². The summed E-state index contributed by atoms with van der Waals surface area (Å²) in [6, 6.07) is 0.480. The summed E-state index contributed by atoms with van der Waals surface area (Å²) < 4.78 is 2.02. The number of nitrogens with two attached hydrogens (primary N) is 1. The number of nitrogens with zero attached hydrogens (tertiary/aromatic N) is 4. The molecule has 0 aliphatic carbocycles. The van der Waals surface area contributed by atoms with E-state index in [9.17, 15) is 0 Å². The molecule has 1 aromatic heterocycles. The summed E-state index contributed by atoms with van der Waals surface area (Å²) in [7, 11) is 2.17. The first-order valence-corrected chi connectivity index (χ1v) is 6.66. The molecule has 0 saturated carbocycles. The minimum atomic E-state index is 0.0823. The van der Waals surface area contributed by atoms with Gasteiger partial charge in [-0.1, -0.05) is 6.42 Å². The fourth-order valence-corrected chi connectivity index (χ4v) is 2.94. The zero-order chi connectivity index (χ0) is 11.8. The lowest BCUT2D eigenvalue weighted by Crippen LogP contribution is -2.30. The molecule has 3 heterocycles. The third kappa shape index (κ3) is 1.98. The summed E-state index contributed by atoms with van der Waals surface area (Å²) in [5.74, 6) is 1.98. The van der Waals surface area contributed by atoms with Crippen LogP contribution in [0.4, 0.5) is 0 Å². The summed E-state index contributed by atoms with van der Waals surface area (Å²) >= 11 is 0. The summed E-state index contributed by atoms with van der Waals surface area (Å²) in [6.45, 7) is 2.13.